The van der Waals surface area contributed by atoms with Crippen LogP contribution in [0.25, 0.3) is 0 Å². The summed E-state index contributed by atoms with van der Waals surface area (Å²) < 4.78 is 5.66. The summed E-state index contributed by atoms with van der Waals surface area (Å²) in [6.07, 6.45) is 3.83. The lowest BCUT2D eigenvalue weighted by molar-refractivity contribution is -0.139. The number of carbonyl (C=O) groups is 1. The number of carboxylic acids is 1. The van der Waals surface area contributed by atoms with Crippen molar-refractivity contribution in [2.24, 2.45) is 0 Å². The third-order valence-corrected chi connectivity index (χ3v) is 5.16. The molecule has 3 rings (SSSR count). The van der Waals surface area contributed by atoms with Crippen molar-refractivity contribution in [2.75, 3.05) is 24.6 Å². The van der Waals surface area contributed by atoms with Gasteiger partial charge in [-0.25, -0.2) is 4.98 Å². The third-order valence-electron chi connectivity index (χ3n) is 3.96. The molecular weight excluding hydrogens is 276 g/mol. The van der Waals surface area contributed by atoms with Crippen LogP contribution < -0.4 is 4.90 Å². The molecule has 1 saturated heterocycles. The molecule has 0 aromatic carbocycles. The lowest BCUT2D eigenvalue weighted by Gasteiger charge is -2.21. The van der Waals surface area contributed by atoms with Crippen LogP contribution >= 0.6 is 11.3 Å². The minimum atomic E-state index is -0.740. The van der Waals surface area contributed by atoms with E-state index in [4.69, 9.17) is 4.74 Å². The highest BCUT2D eigenvalue weighted by Crippen LogP contribution is 2.38. The highest BCUT2D eigenvalue weighted by atomic mass is 32.1. The molecule has 20 heavy (non-hydrogen) atoms. The van der Waals surface area contributed by atoms with Gasteiger partial charge >= 0.3 is 5.97 Å². The Morgan fingerprint density at radius 1 is 1.50 bits per heavy atom. The first-order valence-electron chi connectivity index (χ1n) is 7.24. The Labute approximate surface area is 122 Å². The van der Waals surface area contributed by atoms with Gasteiger partial charge in [-0.05, 0) is 32.6 Å². The molecule has 0 radical (unpaired) electrons. The molecule has 2 aliphatic rings. The lowest BCUT2D eigenvalue weighted by atomic mass is 9.91. The molecule has 0 saturated carbocycles. The molecule has 2 unspecified atom stereocenters. The first-order valence-corrected chi connectivity index (χ1v) is 8.05. The second kappa shape index (κ2) is 5.69. The van der Waals surface area contributed by atoms with Crippen molar-refractivity contribution in [1.82, 2.24) is 4.98 Å². The zero-order chi connectivity index (χ0) is 14.1. The zero-order valence-corrected chi connectivity index (χ0v) is 12.5. The molecule has 1 aliphatic carbocycles. The zero-order valence-electron chi connectivity index (χ0n) is 11.7. The van der Waals surface area contributed by atoms with E-state index in [-0.39, 0.29) is 6.10 Å². The Morgan fingerprint density at radius 2 is 2.35 bits per heavy atom. The van der Waals surface area contributed by atoms with Crippen LogP contribution in [0.15, 0.2) is 0 Å². The van der Waals surface area contributed by atoms with Crippen molar-refractivity contribution >= 4 is 22.4 Å². The van der Waals surface area contributed by atoms with Crippen LogP contribution in [0.2, 0.25) is 0 Å². The molecule has 110 valence electrons. The summed E-state index contributed by atoms with van der Waals surface area (Å²) >= 11 is 1.67. The highest BCUT2D eigenvalue weighted by molar-refractivity contribution is 7.15. The fourth-order valence-electron chi connectivity index (χ4n) is 2.95. The Kier molecular flexibility index (Phi) is 3.94. The van der Waals surface area contributed by atoms with E-state index in [9.17, 15) is 9.90 Å². The van der Waals surface area contributed by atoms with Crippen molar-refractivity contribution in [3.63, 3.8) is 0 Å². The Balaban J connectivity index is 1.86. The van der Waals surface area contributed by atoms with Crippen LogP contribution in [-0.2, 0) is 16.0 Å². The van der Waals surface area contributed by atoms with E-state index in [0.717, 1.165) is 54.7 Å². The van der Waals surface area contributed by atoms with Gasteiger partial charge in [0, 0.05) is 24.6 Å². The molecule has 0 amide bonds. The monoisotopic (exact) mass is 296 g/mol. The van der Waals surface area contributed by atoms with Crippen LogP contribution in [0.5, 0.6) is 0 Å². The van der Waals surface area contributed by atoms with Crippen molar-refractivity contribution in [3.8, 4) is 0 Å². The molecular formula is C14H20N2O3S. The summed E-state index contributed by atoms with van der Waals surface area (Å²) in [5, 5.41) is 10.3. The van der Waals surface area contributed by atoms with Crippen LogP contribution in [0.1, 0.15) is 42.7 Å². The second-order valence-corrected chi connectivity index (χ2v) is 6.63. The van der Waals surface area contributed by atoms with Gasteiger partial charge in [-0.1, -0.05) is 0 Å². The minimum Gasteiger partial charge on any atom is -0.481 e. The summed E-state index contributed by atoms with van der Waals surface area (Å²) in [7, 11) is 0. The number of hydrogen-bond acceptors (Lipinski definition) is 5. The van der Waals surface area contributed by atoms with Gasteiger partial charge < -0.3 is 14.7 Å². The first kappa shape index (κ1) is 13.8. The molecule has 2 heterocycles. The third kappa shape index (κ3) is 2.67. The maximum Gasteiger partial charge on any atom is 0.312 e. The van der Waals surface area contributed by atoms with E-state index in [1.807, 2.05) is 0 Å². The van der Waals surface area contributed by atoms with Crippen molar-refractivity contribution in [2.45, 2.75) is 44.6 Å². The van der Waals surface area contributed by atoms with E-state index >= 15 is 0 Å². The van der Waals surface area contributed by atoms with Gasteiger partial charge in [0.15, 0.2) is 5.13 Å². The van der Waals surface area contributed by atoms with Gasteiger partial charge in [0.1, 0.15) is 5.92 Å². The average molecular weight is 296 g/mol. The second-order valence-electron chi connectivity index (χ2n) is 5.57. The molecule has 2 atom stereocenters. The average Bonchev–Trinajstić information content (AvgIpc) is 2.74. The fraction of sp³-hybridized carbons (Fsp3) is 0.714. The number of ether oxygens (including phenoxy) is 1. The summed E-state index contributed by atoms with van der Waals surface area (Å²) in [4.78, 5) is 19.4. The number of carboxylic acid groups (broad SMARTS) is 1. The molecule has 1 fully saturated rings. The number of aliphatic carboxylic acids is 1. The standard InChI is InChI=1S/C14H20N2O3S/c1-9-8-16(6-3-7-19-9)14-15-12-10(13(17)18)4-2-5-11(12)20-14/h9-10H,2-8H2,1H3,(H,17,18). The number of thiazole rings is 1. The summed E-state index contributed by atoms with van der Waals surface area (Å²) in [5.74, 6) is -1.15. The van der Waals surface area contributed by atoms with E-state index < -0.39 is 11.9 Å². The SMILES string of the molecule is CC1CN(c2nc3c(s2)CCCC3C(=O)O)CCCO1. The number of aryl methyl sites for hydroxylation is 1. The fourth-order valence-corrected chi connectivity index (χ4v) is 4.15. The molecule has 6 heteroatoms. The van der Waals surface area contributed by atoms with Crippen molar-refractivity contribution in [1.29, 1.82) is 0 Å². The van der Waals surface area contributed by atoms with Gasteiger partial charge in [0.25, 0.3) is 0 Å². The smallest absolute Gasteiger partial charge is 0.312 e. The van der Waals surface area contributed by atoms with Gasteiger partial charge in [0.05, 0.1) is 11.8 Å². The highest BCUT2D eigenvalue weighted by Gasteiger charge is 2.31. The molecule has 1 aromatic rings. The Bertz CT molecular complexity index is 503. The van der Waals surface area contributed by atoms with E-state index in [0.29, 0.717) is 6.42 Å². The minimum absolute atomic E-state index is 0.202. The molecule has 5 nitrogen and oxygen atoms in total. The van der Waals surface area contributed by atoms with Gasteiger partial charge in [-0.15, -0.1) is 11.3 Å². The van der Waals surface area contributed by atoms with E-state index in [1.165, 1.54) is 0 Å². The summed E-state index contributed by atoms with van der Waals surface area (Å²) in [5.41, 5.74) is 0.807. The molecule has 1 aromatic heterocycles. The number of rotatable bonds is 2. The summed E-state index contributed by atoms with van der Waals surface area (Å²) in [6, 6.07) is 0. The normalized spacial score (nSPS) is 26.9. The number of anilines is 1. The van der Waals surface area contributed by atoms with Crippen LogP contribution in [0.4, 0.5) is 5.13 Å². The topological polar surface area (TPSA) is 62.7 Å². The number of aromatic nitrogens is 1. The molecule has 0 spiro atoms. The number of nitrogens with zero attached hydrogens (tertiary/aromatic N) is 2. The maximum atomic E-state index is 11.3. The lowest BCUT2D eigenvalue weighted by Crippen LogP contribution is -2.30. The Morgan fingerprint density at radius 3 is 3.15 bits per heavy atom. The van der Waals surface area contributed by atoms with Crippen LogP contribution in [0, 0.1) is 0 Å². The molecule has 1 aliphatic heterocycles. The van der Waals surface area contributed by atoms with Gasteiger partial charge in [-0.2, -0.15) is 0 Å². The van der Waals surface area contributed by atoms with E-state index in [1.54, 1.807) is 11.3 Å². The maximum absolute atomic E-state index is 11.3. The number of fused-ring (bicyclic) bond motifs is 1. The Hall–Kier alpha value is -1.14. The van der Waals surface area contributed by atoms with Gasteiger partial charge in [0.2, 0.25) is 0 Å². The number of hydrogen-bond donors (Lipinski definition) is 1. The molecule has 1 N–H and O–H groups in total. The summed E-state index contributed by atoms with van der Waals surface area (Å²) in [6.45, 7) is 4.64. The van der Waals surface area contributed by atoms with Crippen molar-refractivity contribution < 1.29 is 14.6 Å². The predicted octanol–water partition coefficient (Wildman–Crippen LogP) is 2.26. The van der Waals surface area contributed by atoms with Gasteiger partial charge in [-0.3, -0.25) is 4.79 Å². The first-order chi connectivity index (χ1) is 9.65. The van der Waals surface area contributed by atoms with Crippen LogP contribution in [-0.4, -0.2) is 41.9 Å². The predicted molar refractivity (Wildman–Crippen MR) is 77.7 cm³/mol. The largest absolute Gasteiger partial charge is 0.481 e. The van der Waals surface area contributed by atoms with Crippen LogP contribution in [0.3, 0.4) is 0 Å². The molecule has 0 bridgehead atoms. The quantitative estimate of drug-likeness (QED) is 0.907. The van der Waals surface area contributed by atoms with Crippen molar-refractivity contribution in [3.05, 3.63) is 10.6 Å². The van der Waals surface area contributed by atoms with E-state index in [2.05, 4.69) is 16.8 Å².